The average Bonchev–Trinajstić information content (AvgIpc) is 2.69. The van der Waals surface area contributed by atoms with E-state index in [2.05, 4.69) is 43.6 Å². The van der Waals surface area contributed by atoms with Crippen molar-refractivity contribution in [3.05, 3.63) is 17.7 Å². The lowest BCUT2D eigenvalue weighted by molar-refractivity contribution is 0.242. The minimum Gasteiger partial charge on any atom is -0.488 e. The van der Waals surface area contributed by atoms with Crippen molar-refractivity contribution in [3.8, 4) is 17.2 Å². The van der Waals surface area contributed by atoms with Crippen molar-refractivity contribution in [3.63, 3.8) is 0 Å². The van der Waals surface area contributed by atoms with Gasteiger partial charge in [-0.2, -0.15) is 0 Å². The molecule has 3 N–H and O–H groups in total. The average molecular weight is 396 g/mol. The Labute approximate surface area is 171 Å². The molecule has 0 saturated heterocycles. The van der Waals surface area contributed by atoms with Crippen LogP contribution in [0.2, 0.25) is 0 Å². The Hall–Kier alpha value is -1.50. The Morgan fingerprint density at radius 2 is 1.00 bits per heavy atom. The molecule has 1 aromatic carbocycles. The minimum atomic E-state index is 0.581. The third-order valence-corrected chi connectivity index (χ3v) is 4.04. The van der Waals surface area contributed by atoms with Crippen LogP contribution in [0.15, 0.2) is 12.1 Å². The van der Waals surface area contributed by atoms with Crippen molar-refractivity contribution in [2.24, 2.45) is 0 Å². The van der Waals surface area contributed by atoms with Crippen LogP contribution in [0.1, 0.15) is 45.6 Å². The number of hydrogen-bond donors (Lipinski definition) is 3. The third kappa shape index (κ3) is 10.7. The number of nitrogens with one attached hydrogen (secondary N) is 3. The van der Waals surface area contributed by atoms with Crippen LogP contribution in [0.25, 0.3) is 0 Å². The van der Waals surface area contributed by atoms with Gasteiger partial charge in [0.2, 0.25) is 5.75 Å². The minimum absolute atomic E-state index is 0.581. The second-order valence-electron chi connectivity index (χ2n) is 6.89. The molecule has 0 saturated carbocycles. The lowest BCUT2D eigenvalue weighted by atomic mass is 10.2. The summed E-state index contributed by atoms with van der Waals surface area (Å²) in [4.78, 5) is 0. The van der Waals surface area contributed by atoms with Crippen LogP contribution in [-0.4, -0.2) is 59.1 Å². The SMILES string of the molecule is CCCNCCOc1cc(C)cc(OCCNCCC)c1OCCNCCC. The van der Waals surface area contributed by atoms with E-state index in [0.29, 0.717) is 25.6 Å². The van der Waals surface area contributed by atoms with E-state index < -0.39 is 0 Å². The Bertz CT molecular complexity index is 477. The summed E-state index contributed by atoms with van der Waals surface area (Å²) in [6.07, 6.45) is 3.35. The first kappa shape index (κ1) is 24.5. The monoisotopic (exact) mass is 395 g/mol. The molecule has 1 aromatic rings. The smallest absolute Gasteiger partial charge is 0.203 e. The summed E-state index contributed by atoms with van der Waals surface area (Å²) in [5.41, 5.74) is 1.10. The molecule has 28 heavy (non-hydrogen) atoms. The molecule has 0 fully saturated rings. The fourth-order valence-electron chi connectivity index (χ4n) is 2.66. The maximum Gasteiger partial charge on any atom is 0.203 e. The van der Waals surface area contributed by atoms with E-state index in [1.807, 2.05) is 12.1 Å². The fraction of sp³-hybridized carbons (Fsp3) is 0.727. The summed E-state index contributed by atoms with van der Waals surface area (Å²) >= 11 is 0. The largest absolute Gasteiger partial charge is 0.488 e. The van der Waals surface area contributed by atoms with Crippen molar-refractivity contribution < 1.29 is 14.2 Å². The highest BCUT2D eigenvalue weighted by Crippen LogP contribution is 2.38. The Morgan fingerprint density at radius 1 is 0.607 bits per heavy atom. The molecular weight excluding hydrogens is 354 g/mol. The normalized spacial score (nSPS) is 10.9. The van der Waals surface area contributed by atoms with E-state index in [1.165, 1.54) is 0 Å². The van der Waals surface area contributed by atoms with Gasteiger partial charge < -0.3 is 30.2 Å². The van der Waals surface area contributed by atoms with Gasteiger partial charge in [0.1, 0.15) is 19.8 Å². The van der Waals surface area contributed by atoms with E-state index in [1.54, 1.807) is 0 Å². The molecule has 0 bridgehead atoms. The van der Waals surface area contributed by atoms with E-state index in [0.717, 1.165) is 75.6 Å². The highest BCUT2D eigenvalue weighted by Gasteiger charge is 2.14. The topological polar surface area (TPSA) is 63.8 Å². The molecular formula is C22H41N3O3. The van der Waals surface area contributed by atoms with Gasteiger partial charge in [0.25, 0.3) is 0 Å². The van der Waals surface area contributed by atoms with Crippen LogP contribution in [0.4, 0.5) is 0 Å². The van der Waals surface area contributed by atoms with Crippen LogP contribution < -0.4 is 30.2 Å². The molecule has 0 radical (unpaired) electrons. The molecule has 0 heterocycles. The second kappa shape index (κ2) is 16.5. The van der Waals surface area contributed by atoms with E-state index in [9.17, 15) is 0 Å². The summed E-state index contributed by atoms with van der Waals surface area (Å²) < 4.78 is 18.1. The molecule has 0 amide bonds. The van der Waals surface area contributed by atoms with Crippen molar-refractivity contribution >= 4 is 0 Å². The van der Waals surface area contributed by atoms with E-state index in [-0.39, 0.29) is 0 Å². The molecule has 1 rings (SSSR count). The van der Waals surface area contributed by atoms with Crippen LogP contribution in [0.3, 0.4) is 0 Å². The molecule has 0 aromatic heterocycles. The molecule has 0 aliphatic heterocycles. The van der Waals surface area contributed by atoms with Gasteiger partial charge in [-0.05, 0) is 63.5 Å². The van der Waals surface area contributed by atoms with Gasteiger partial charge in [-0.15, -0.1) is 0 Å². The molecule has 0 spiro atoms. The maximum atomic E-state index is 6.07. The Balaban J connectivity index is 2.72. The molecule has 6 nitrogen and oxygen atoms in total. The highest BCUT2D eigenvalue weighted by molar-refractivity contribution is 5.53. The first-order valence-corrected chi connectivity index (χ1v) is 10.9. The summed E-state index contributed by atoms with van der Waals surface area (Å²) in [6.45, 7) is 15.7. The zero-order valence-corrected chi connectivity index (χ0v) is 18.4. The van der Waals surface area contributed by atoms with Crippen LogP contribution in [0, 0.1) is 6.92 Å². The quantitative estimate of drug-likeness (QED) is 0.332. The number of ether oxygens (including phenoxy) is 3. The molecule has 0 aliphatic rings. The summed E-state index contributed by atoms with van der Waals surface area (Å²) in [7, 11) is 0. The molecule has 0 atom stereocenters. The lowest BCUT2D eigenvalue weighted by Gasteiger charge is -2.18. The number of benzene rings is 1. The predicted octanol–water partition coefficient (Wildman–Crippen LogP) is 3.13. The summed E-state index contributed by atoms with van der Waals surface area (Å²) in [5.74, 6) is 2.21. The highest BCUT2D eigenvalue weighted by atomic mass is 16.5. The number of rotatable bonds is 18. The Kier molecular flexibility index (Phi) is 14.4. The zero-order chi connectivity index (χ0) is 20.5. The first-order chi connectivity index (χ1) is 13.7. The van der Waals surface area contributed by atoms with Crippen molar-refractivity contribution in [2.45, 2.75) is 47.0 Å². The number of aryl methyl sites for hydroxylation is 1. The van der Waals surface area contributed by atoms with E-state index in [4.69, 9.17) is 14.2 Å². The second-order valence-corrected chi connectivity index (χ2v) is 6.89. The zero-order valence-electron chi connectivity index (χ0n) is 18.4. The van der Waals surface area contributed by atoms with Gasteiger partial charge in [-0.25, -0.2) is 0 Å². The fourth-order valence-corrected chi connectivity index (χ4v) is 2.66. The van der Waals surface area contributed by atoms with Crippen molar-refractivity contribution in [2.75, 3.05) is 59.1 Å². The van der Waals surface area contributed by atoms with Gasteiger partial charge in [0.05, 0.1) is 0 Å². The van der Waals surface area contributed by atoms with Gasteiger partial charge in [0.15, 0.2) is 11.5 Å². The van der Waals surface area contributed by atoms with Gasteiger partial charge in [0, 0.05) is 19.6 Å². The molecule has 0 unspecified atom stereocenters. The standard InChI is InChI=1S/C22H41N3O3/c1-5-8-23-11-14-26-20-17-19(4)18-21(27-15-12-24-9-6-2)22(20)28-16-13-25-10-7-3/h17-18,23-25H,5-16H2,1-4H3. The summed E-state index contributed by atoms with van der Waals surface area (Å²) in [5, 5.41) is 10.1. The summed E-state index contributed by atoms with van der Waals surface area (Å²) in [6, 6.07) is 4.05. The first-order valence-electron chi connectivity index (χ1n) is 10.9. The van der Waals surface area contributed by atoms with Gasteiger partial charge in [-0.3, -0.25) is 0 Å². The van der Waals surface area contributed by atoms with Crippen LogP contribution in [-0.2, 0) is 0 Å². The Morgan fingerprint density at radius 3 is 1.39 bits per heavy atom. The van der Waals surface area contributed by atoms with Crippen molar-refractivity contribution in [1.82, 2.24) is 16.0 Å². The van der Waals surface area contributed by atoms with Gasteiger partial charge in [-0.1, -0.05) is 20.8 Å². The maximum absolute atomic E-state index is 6.07. The molecule has 162 valence electrons. The molecule has 6 heteroatoms. The van der Waals surface area contributed by atoms with Crippen molar-refractivity contribution in [1.29, 1.82) is 0 Å². The lowest BCUT2D eigenvalue weighted by Crippen LogP contribution is -2.24. The van der Waals surface area contributed by atoms with Crippen LogP contribution >= 0.6 is 0 Å². The van der Waals surface area contributed by atoms with Crippen LogP contribution in [0.5, 0.6) is 17.2 Å². The number of hydrogen-bond acceptors (Lipinski definition) is 6. The predicted molar refractivity (Wildman–Crippen MR) is 117 cm³/mol. The molecule has 0 aliphatic carbocycles. The third-order valence-electron chi connectivity index (χ3n) is 4.04. The van der Waals surface area contributed by atoms with E-state index >= 15 is 0 Å². The van der Waals surface area contributed by atoms with Gasteiger partial charge >= 0.3 is 0 Å².